The summed E-state index contributed by atoms with van der Waals surface area (Å²) >= 11 is 0. The van der Waals surface area contributed by atoms with E-state index in [9.17, 15) is 4.79 Å². The van der Waals surface area contributed by atoms with Crippen molar-refractivity contribution >= 4 is 5.91 Å². The van der Waals surface area contributed by atoms with Gasteiger partial charge in [0.2, 0.25) is 5.91 Å². The summed E-state index contributed by atoms with van der Waals surface area (Å²) < 4.78 is 0. The molecule has 1 amide bonds. The molecule has 1 aromatic rings. The van der Waals surface area contributed by atoms with Gasteiger partial charge in [0, 0.05) is 25.5 Å². The summed E-state index contributed by atoms with van der Waals surface area (Å²) in [7, 11) is 1.83. The second-order valence-corrected chi connectivity index (χ2v) is 3.42. The van der Waals surface area contributed by atoms with Gasteiger partial charge in [0.15, 0.2) is 0 Å². The van der Waals surface area contributed by atoms with Crippen LogP contribution in [0.3, 0.4) is 0 Å². The van der Waals surface area contributed by atoms with Crippen LogP contribution in [0.1, 0.15) is 5.69 Å². The molecule has 0 atom stereocenters. The number of carbonyl (C=O) groups is 1. The van der Waals surface area contributed by atoms with E-state index in [-0.39, 0.29) is 5.91 Å². The molecule has 70 valence electrons. The highest BCUT2D eigenvalue weighted by Gasteiger charge is 2.23. The summed E-state index contributed by atoms with van der Waals surface area (Å²) in [6.45, 7) is 2.09. The molecule has 0 saturated carbocycles. The van der Waals surface area contributed by atoms with Crippen molar-refractivity contribution in [2.45, 2.75) is 6.54 Å². The molecule has 1 aliphatic rings. The number of hydrogen-bond donors (Lipinski definition) is 1. The largest absolute Gasteiger partial charge is 0.364 e. The smallest absolute Gasteiger partial charge is 0.237 e. The third-order valence-electron chi connectivity index (χ3n) is 2.25. The van der Waals surface area contributed by atoms with Crippen LogP contribution in [0.2, 0.25) is 0 Å². The molecular weight excluding hydrogens is 166 g/mol. The number of amides is 1. The average Bonchev–Trinajstić information content (AvgIpc) is 2.64. The lowest BCUT2D eigenvalue weighted by molar-refractivity contribution is -0.125. The number of likely N-dealkylation sites (N-methyl/N-ethyl adjacent to an activating group) is 1. The van der Waals surface area contributed by atoms with Crippen LogP contribution in [-0.2, 0) is 11.3 Å². The predicted octanol–water partition coefficient (Wildman–Crippen LogP) is 0.246. The van der Waals surface area contributed by atoms with E-state index in [0.29, 0.717) is 6.54 Å². The quantitative estimate of drug-likeness (QED) is 0.706. The van der Waals surface area contributed by atoms with E-state index in [1.807, 2.05) is 25.4 Å². The van der Waals surface area contributed by atoms with Crippen LogP contribution < -0.4 is 0 Å². The summed E-state index contributed by atoms with van der Waals surface area (Å²) in [6.07, 6.45) is 1.90. The number of aromatic nitrogens is 1. The van der Waals surface area contributed by atoms with Gasteiger partial charge in [-0.25, -0.2) is 0 Å². The van der Waals surface area contributed by atoms with Crippen molar-refractivity contribution in [1.29, 1.82) is 0 Å². The Balaban J connectivity index is 1.94. The Labute approximate surface area is 77.1 Å². The fraction of sp³-hybridized carbons (Fsp3) is 0.444. The number of rotatable bonds is 2. The van der Waals surface area contributed by atoms with E-state index < -0.39 is 0 Å². The predicted molar refractivity (Wildman–Crippen MR) is 48.8 cm³/mol. The van der Waals surface area contributed by atoms with E-state index in [1.54, 1.807) is 4.90 Å². The Morgan fingerprint density at radius 1 is 1.62 bits per heavy atom. The number of aromatic amines is 1. The van der Waals surface area contributed by atoms with Gasteiger partial charge in [0.05, 0.1) is 13.2 Å². The fourth-order valence-electron chi connectivity index (χ4n) is 1.55. The van der Waals surface area contributed by atoms with Gasteiger partial charge in [-0.2, -0.15) is 0 Å². The van der Waals surface area contributed by atoms with Gasteiger partial charge >= 0.3 is 0 Å². The summed E-state index contributed by atoms with van der Waals surface area (Å²) in [5.74, 6) is 0.201. The molecule has 0 spiro atoms. The molecule has 1 aliphatic heterocycles. The van der Waals surface area contributed by atoms with E-state index in [2.05, 4.69) is 9.88 Å². The third kappa shape index (κ3) is 1.72. The molecule has 0 aromatic carbocycles. The van der Waals surface area contributed by atoms with Crippen LogP contribution >= 0.6 is 0 Å². The standard InChI is InChI=1S/C9H13N3O/c1-11-7-12(6-9(11)13)5-8-3-2-4-10-8/h2-4,10H,5-7H2,1H3. The topological polar surface area (TPSA) is 39.3 Å². The molecule has 13 heavy (non-hydrogen) atoms. The first-order chi connectivity index (χ1) is 6.25. The van der Waals surface area contributed by atoms with Crippen LogP contribution in [0.4, 0.5) is 0 Å². The van der Waals surface area contributed by atoms with Crippen LogP contribution in [-0.4, -0.2) is 41.0 Å². The van der Waals surface area contributed by atoms with Gasteiger partial charge < -0.3 is 9.88 Å². The van der Waals surface area contributed by atoms with Crippen LogP contribution in [0.15, 0.2) is 18.3 Å². The zero-order valence-corrected chi connectivity index (χ0v) is 7.66. The third-order valence-corrected chi connectivity index (χ3v) is 2.25. The molecular formula is C9H13N3O. The first-order valence-corrected chi connectivity index (χ1v) is 4.34. The van der Waals surface area contributed by atoms with Crippen molar-refractivity contribution in [1.82, 2.24) is 14.8 Å². The number of H-pyrrole nitrogens is 1. The second-order valence-electron chi connectivity index (χ2n) is 3.42. The van der Waals surface area contributed by atoms with E-state index in [0.717, 1.165) is 18.9 Å². The highest BCUT2D eigenvalue weighted by molar-refractivity contribution is 5.79. The maximum atomic E-state index is 11.2. The first kappa shape index (κ1) is 8.31. The normalized spacial score (nSPS) is 18.5. The second kappa shape index (κ2) is 3.22. The molecule has 0 unspecified atom stereocenters. The Morgan fingerprint density at radius 3 is 3.00 bits per heavy atom. The van der Waals surface area contributed by atoms with Crippen molar-refractivity contribution in [3.8, 4) is 0 Å². The summed E-state index contributed by atoms with van der Waals surface area (Å²) in [5.41, 5.74) is 1.16. The van der Waals surface area contributed by atoms with Crippen LogP contribution in [0, 0.1) is 0 Å². The van der Waals surface area contributed by atoms with Crippen molar-refractivity contribution in [3.63, 3.8) is 0 Å². The molecule has 0 aliphatic carbocycles. The highest BCUT2D eigenvalue weighted by atomic mass is 16.2. The zero-order valence-electron chi connectivity index (χ0n) is 7.66. The highest BCUT2D eigenvalue weighted by Crippen LogP contribution is 2.08. The molecule has 1 saturated heterocycles. The van der Waals surface area contributed by atoms with Gasteiger partial charge in [-0.15, -0.1) is 0 Å². The van der Waals surface area contributed by atoms with Gasteiger partial charge in [-0.05, 0) is 12.1 Å². The van der Waals surface area contributed by atoms with Gasteiger partial charge in [0.25, 0.3) is 0 Å². The number of hydrogen-bond acceptors (Lipinski definition) is 2. The van der Waals surface area contributed by atoms with Crippen LogP contribution in [0.25, 0.3) is 0 Å². The van der Waals surface area contributed by atoms with E-state index >= 15 is 0 Å². The van der Waals surface area contributed by atoms with Crippen LogP contribution in [0.5, 0.6) is 0 Å². The van der Waals surface area contributed by atoms with E-state index in [1.165, 1.54) is 0 Å². The molecule has 1 aromatic heterocycles. The maximum Gasteiger partial charge on any atom is 0.237 e. The Hall–Kier alpha value is -1.29. The Bertz CT molecular complexity index is 294. The van der Waals surface area contributed by atoms with Gasteiger partial charge in [-0.1, -0.05) is 0 Å². The molecule has 0 bridgehead atoms. The summed E-state index contributed by atoms with van der Waals surface area (Å²) in [6, 6.07) is 4.00. The minimum absolute atomic E-state index is 0.201. The monoisotopic (exact) mass is 179 g/mol. The number of nitrogens with zero attached hydrogens (tertiary/aromatic N) is 2. The molecule has 4 heteroatoms. The lowest BCUT2D eigenvalue weighted by Crippen LogP contribution is -2.22. The molecule has 1 fully saturated rings. The minimum Gasteiger partial charge on any atom is -0.364 e. The lowest BCUT2D eigenvalue weighted by atomic mass is 10.4. The fourth-order valence-corrected chi connectivity index (χ4v) is 1.55. The van der Waals surface area contributed by atoms with Crippen molar-refractivity contribution in [2.24, 2.45) is 0 Å². The van der Waals surface area contributed by atoms with Crippen molar-refractivity contribution < 1.29 is 4.79 Å². The Kier molecular flexibility index (Phi) is 2.06. The first-order valence-electron chi connectivity index (χ1n) is 4.34. The minimum atomic E-state index is 0.201. The molecule has 1 N–H and O–H groups in total. The summed E-state index contributed by atoms with van der Waals surface area (Å²) in [5, 5.41) is 0. The molecule has 0 radical (unpaired) electrons. The van der Waals surface area contributed by atoms with Crippen molar-refractivity contribution in [3.05, 3.63) is 24.0 Å². The van der Waals surface area contributed by atoms with E-state index in [4.69, 9.17) is 0 Å². The average molecular weight is 179 g/mol. The zero-order chi connectivity index (χ0) is 9.26. The molecule has 4 nitrogen and oxygen atoms in total. The summed E-state index contributed by atoms with van der Waals surface area (Å²) in [4.78, 5) is 18.2. The van der Waals surface area contributed by atoms with Crippen molar-refractivity contribution in [2.75, 3.05) is 20.3 Å². The molecule has 2 rings (SSSR count). The van der Waals surface area contributed by atoms with Gasteiger partial charge in [-0.3, -0.25) is 9.69 Å². The SMILES string of the molecule is CN1CN(Cc2ccc[nH]2)CC1=O. The maximum absolute atomic E-state index is 11.2. The van der Waals surface area contributed by atoms with Gasteiger partial charge in [0.1, 0.15) is 0 Å². The molecule has 2 heterocycles. The Morgan fingerprint density at radius 2 is 2.46 bits per heavy atom. The number of nitrogens with one attached hydrogen (secondary N) is 1. The number of carbonyl (C=O) groups excluding carboxylic acids is 1. The lowest BCUT2D eigenvalue weighted by Gasteiger charge is -2.12.